The second kappa shape index (κ2) is 5.09. The molecule has 2 rings (SSSR count). The van der Waals surface area contributed by atoms with Crippen molar-refractivity contribution in [1.29, 1.82) is 0 Å². The van der Waals surface area contributed by atoms with E-state index in [1.54, 1.807) is 0 Å². The summed E-state index contributed by atoms with van der Waals surface area (Å²) in [7, 11) is -1.68. The van der Waals surface area contributed by atoms with Gasteiger partial charge in [-0.1, -0.05) is 0 Å². The van der Waals surface area contributed by atoms with Crippen molar-refractivity contribution in [3.63, 3.8) is 0 Å². The van der Waals surface area contributed by atoms with Crippen molar-refractivity contribution in [2.24, 2.45) is 5.92 Å². The number of carbonyl (C=O) groups excluding carboxylic acids is 1. The number of amides is 1. The summed E-state index contributed by atoms with van der Waals surface area (Å²) in [5.74, 6) is -2.24. The van der Waals surface area contributed by atoms with Gasteiger partial charge in [0.1, 0.15) is 6.04 Å². The SMILES string of the molecule is COC1CC(C(=O)O)N(C(=O)C2CCS(=O)(=O)C2)C1. The van der Waals surface area contributed by atoms with Crippen molar-refractivity contribution in [3.8, 4) is 0 Å². The van der Waals surface area contributed by atoms with Gasteiger partial charge < -0.3 is 14.7 Å². The third-order valence-corrected chi connectivity index (χ3v) is 5.51. The van der Waals surface area contributed by atoms with Crippen LogP contribution in [0, 0.1) is 5.92 Å². The average molecular weight is 291 g/mol. The molecular weight excluding hydrogens is 274 g/mol. The van der Waals surface area contributed by atoms with E-state index in [9.17, 15) is 18.0 Å². The molecule has 0 saturated carbocycles. The minimum atomic E-state index is -3.15. The minimum Gasteiger partial charge on any atom is -0.480 e. The number of hydrogen-bond acceptors (Lipinski definition) is 5. The predicted octanol–water partition coefficient (Wildman–Crippen LogP) is -0.878. The van der Waals surface area contributed by atoms with Crippen molar-refractivity contribution in [2.45, 2.75) is 25.0 Å². The van der Waals surface area contributed by atoms with Crippen LogP contribution in [-0.2, 0) is 24.2 Å². The van der Waals surface area contributed by atoms with Gasteiger partial charge in [-0.3, -0.25) is 4.79 Å². The molecule has 3 atom stereocenters. The molecule has 0 aromatic carbocycles. The molecule has 2 heterocycles. The van der Waals surface area contributed by atoms with E-state index in [0.29, 0.717) is 0 Å². The molecule has 0 radical (unpaired) electrons. The quantitative estimate of drug-likeness (QED) is 0.725. The number of rotatable bonds is 3. The number of methoxy groups -OCH3 is 1. The fraction of sp³-hybridized carbons (Fsp3) is 0.818. The van der Waals surface area contributed by atoms with Crippen molar-refractivity contribution >= 4 is 21.7 Å². The van der Waals surface area contributed by atoms with Crippen molar-refractivity contribution in [1.82, 2.24) is 4.90 Å². The molecule has 2 aliphatic heterocycles. The molecule has 19 heavy (non-hydrogen) atoms. The van der Waals surface area contributed by atoms with Crippen LogP contribution >= 0.6 is 0 Å². The second-order valence-electron chi connectivity index (χ2n) is 5.04. The van der Waals surface area contributed by atoms with Gasteiger partial charge in [0.05, 0.1) is 23.5 Å². The molecule has 8 heteroatoms. The van der Waals surface area contributed by atoms with Crippen LogP contribution in [0.1, 0.15) is 12.8 Å². The Morgan fingerprint density at radius 1 is 1.37 bits per heavy atom. The number of carboxylic acids is 1. The third kappa shape index (κ3) is 2.89. The summed E-state index contributed by atoms with van der Waals surface area (Å²) in [5.41, 5.74) is 0. The Morgan fingerprint density at radius 3 is 2.53 bits per heavy atom. The topological polar surface area (TPSA) is 101 Å². The van der Waals surface area contributed by atoms with Gasteiger partial charge >= 0.3 is 5.97 Å². The van der Waals surface area contributed by atoms with E-state index in [4.69, 9.17) is 9.84 Å². The predicted molar refractivity (Wildman–Crippen MR) is 65.3 cm³/mol. The minimum absolute atomic E-state index is 0.00267. The monoisotopic (exact) mass is 291 g/mol. The smallest absolute Gasteiger partial charge is 0.326 e. The number of carboxylic acid groups (broad SMARTS) is 1. The molecule has 2 fully saturated rings. The van der Waals surface area contributed by atoms with Crippen LogP contribution in [0.3, 0.4) is 0 Å². The molecule has 1 N–H and O–H groups in total. The van der Waals surface area contributed by atoms with Gasteiger partial charge in [0.25, 0.3) is 0 Å². The Balaban J connectivity index is 2.11. The summed E-state index contributed by atoms with van der Waals surface area (Å²) in [6.07, 6.45) is 0.224. The van der Waals surface area contributed by atoms with Crippen LogP contribution in [0.5, 0.6) is 0 Å². The first-order valence-corrected chi connectivity index (χ1v) is 7.92. The third-order valence-electron chi connectivity index (χ3n) is 3.75. The number of hydrogen-bond donors (Lipinski definition) is 1. The van der Waals surface area contributed by atoms with Gasteiger partial charge in [0.2, 0.25) is 5.91 Å². The maximum absolute atomic E-state index is 12.3. The van der Waals surface area contributed by atoms with Crippen LogP contribution in [0.25, 0.3) is 0 Å². The summed E-state index contributed by atoms with van der Waals surface area (Å²) in [4.78, 5) is 24.7. The van der Waals surface area contributed by atoms with E-state index in [1.165, 1.54) is 12.0 Å². The largest absolute Gasteiger partial charge is 0.480 e. The fourth-order valence-corrected chi connectivity index (χ4v) is 4.40. The molecule has 0 spiro atoms. The first-order chi connectivity index (χ1) is 8.84. The van der Waals surface area contributed by atoms with Crippen LogP contribution in [-0.4, -0.2) is 67.6 Å². The molecule has 0 bridgehead atoms. The number of likely N-dealkylation sites (tertiary alicyclic amines) is 1. The van der Waals surface area contributed by atoms with Crippen LogP contribution in [0.4, 0.5) is 0 Å². The lowest BCUT2D eigenvalue weighted by atomic mass is 10.1. The zero-order valence-corrected chi connectivity index (χ0v) is 11.4. The van der Waals surface area contributed by atoms with Gasteiger partial charge in [-0.05, 0) is 6.42 Å². The molecule has 0 aromatic rings. The zero-order chi connectivity index (χ0) is 14.2. The number of carbonyl (C=O) groups is 2. The lowest BCUT2D eigenvalue weighted by Crippen LogP contribution is -2.44. The van der Waals surface area contributed by atoms with Crippen molar-refractivity contribution in [2.75, 3.05) is 25.2 Å². The Labute approximate surface area is 111 Å². The highest BCUT2D eigenvalue weighted by atomic mass is 32.2. The lowest BCUT2D eigenvalue weighted by Gasteiger charge is -2.23. The van der Waals surface area contributed by atoms with Crippen LogP contribution < -0.4 is 0 Å². The molecule has 2 saturated heterocycles. The fourth-order valence-electron chi connectivity index (χ4n) is 2.67. The van der Waals surface area contributed by atoms with Crippen molar-refractivity contribution in [3.05, 3.63) is 0 Å². The Morgan fingerprint density at radius 2 is 2.05 bits per heavy atom. The first kappa shape index (κ1) is 14.3. The maximum atomic E-state index is 12.3. The molecule has 108 valence electrons. The lowest BCUT2D eigenvalue weighted by molar-refractivity contribution is -0.149. The Hall–Kier alpha value is -1.15. The van der Waals surface area contributed by atoms with Gasteiger partial charge in [-0.2, -0.15) is 0 Å². The molecule has 2 aliphatic rings. The van der Waals surface area contributed by atoms with E-state index in [-0.39, 0.29) is 42.9 Å². The number of aliphatic carboxylic acids is 1. The van der Waals surface area contributed by atoms with E-state index < -0.39 is 27.8 Å². The van der Waals surface area contributed by atoms with Crippen molar-refractivity contribution < 1.29 is 27.9 Å². The van der Waals surface area contributed by atoms with Gasteiger partial charge in [0, 0.05) is 20.1 Å². The molecular formula is C11H17NO6S. The summed E-state index contributed by atoms with van der Waals surface area (Å²) in [6.45, 7) is 0.211. The summed E-state index contributed by atoms with van der Waals surface area (Å²) < 4.78 is 27.9. The van der Waals surface area contributed by atoms with E-state index >= 15 is 0 Å². The highest BCUT2D eigenvalue weighted by Crippen LogP contribution is 2.27. The molecule has 0 aliphatic carbocycles. The van der Waals surface area contributed by atoms with Gasteiger partial charge in [0.15, 0.2) is 9.84 Å². The number of ether oxygens (including phenoxy) is 1. The Bertz CT molecular complexity index is 487. The van der Waals surface area contributed by atoms with E-state index in [2.05, 4.69) is 0 Å². The molecule has 7 nitrogen and oxygen atoms in total. The standard InChI is InChI=1S/C11H17NO6S/c1-18-8-4-9(11(14)15)12(5-8)10(13)7-2-3-19(16,17)6-7/h7-9H,2-6H2,1H3,(H,14,15). The number of sulfone groups is 1. The summed E-state index contributed by atoms with van der Waals surface area (Å²) >= 11 is 0. The van der Waals surface area contributed by atoms with Gasteiger partial charge in [-0.25, -0.2) is 13.2 Å². The Kier molecular flexibility index (Phi) is 3.82. The van der Waals surface area contributed by atoms with E-state index in [0.717, 1.165) is 0 Å². The highest BCUT2D eigenvalue weighted by Gasteiger charge is 2.44. The zero-order valence-electron chi connectivity index (χ0n) is 10.6. The normalized spacial score (nSPS) is 33.5. The maximum Gasteiger partial charge on any atom is 0.326 e. The molecule has 1 amide bonds. The summed E-state index contributed by atoms with van der Waals surface area (Å²) in [6, 6.07) is -0.916. The van der Waals surface area contributed by atoms with Crippen LogP contribution in [0.2, 0.25) is 0 Å². The first-order valence-electron chi connectivity index (χ1n) is 6.10. The van der Waals surface area contributed by atoms with Crippen LogP contribution in [0.15, 0.2) is 0 Å². The molecule has 0 aromatic heterocycles. The van der Waals surface area contributed by atoms with Gasteiger partial charge in [-0.15, -0.1) is 0 Å². The van der Waals surface area contributed by atoms with E-state index in [1.807, 2.05) is 0 Å². The highest BCUT2D eigenvalue weighted by molar-refractivity contribution is 7.91. The number of nitrogens with zero attached hydrogens (tertiary/aromatic N) is 1. The second-order valence-corrected chi connectivity index (χ2v) is 7.27. The molecule has 3 unspecified atom stereocenters. The summed E-state index contributed by atoms with van der Waals surface area (Å²) in [5, 5.41) is 9.12. The average Bonchev–Trinajstić information content (AvgIpc) is 2.91.